The standard InChI is InChI=1S/C20H24N2OS/c1-14-10-11-18-16(13-14)7-6-12-22(18)15(2)20(23)21-17-8-4-5-9-19(17)24-3/h4-5,8-11,13,15H,6-7,12H2,1-3H3,(H,21,23). The van der Waals surface area contributed by atoms with E-state index in [1.807, 2.05) is 37.4 Å². The minimum absolute atomic E-state index is 0.0462. The van der Waals surface area contributed by atoms with Crippen LogP contribution in [0.4, 0.5) is 11.4 Å². The molecule has 2 aromatic rings. The second kappa shape index (κ2) is 7.31. The van der Waals surface area contributed by atoms with Crippen molar-refractivity contribution in [1.82, 2.24) is 0 Å². The Morgan fingerprint density at radius 2 is 2.04 bits per heavy atom. The van der Waals surface area contributed by atoms with E-state index in [2.05, 4.69) is 35.3 Å². The lowest BCUT2D eigenvalue weighted by atomic mass is 9.98. The third-order valence-corrected chi connectivity index (χ3v) is 5.40. The number of hydrogen-bond donors (Lipinski definition) is 1. The molecule has 4 heteroatoms. The fourth-order valence-electron chi connectivity index (χ4n) is 3.28. The first-order valence-electron chi connectivity index (χ1n) is 8.40. The highest BCUT2D eigenvalue weighted by Crippen LogP contribution is 2.30. The number of rotatable bonds is 4. The van der Waals surface area contributed by atoms with E-state index in [9.17, 15) is 4.79 Å². The van der Waals surface area contributed by atoms with Crippen LogP contribution in [-0.4, -0.2) is 24.7 Å². The van der Waals surface area contributed by atoms with Crippen LogP contribution >= 0.6 is 11.8 Å². The molecule has 1 aliphatic rings. The number of hydrogen-bond acceptors (Lipinski definition) is 3. The molecule has 0 fully saturated rings. The molecule has 1 N–H and O–H groups in total. The molecule has 0 aliphatic carbocycles. The number of nitrogens with one attached hydrogen (secondary N) is 1. The Morgan fingerprint density at radius 3 is 2.83 bits per heavy atom. The smallest absolute Gasteiger partial charge is 0.246 e. The number of fused-ring (bicyclic) bond motifs is 1. The maximum atomic E-state index is 12.8. The van der Waals surface area contributed by atoms with Crippen LogP contribution in [0.2, 0.25) is 0 Å². The van der Waals surface area contributed by atoms with Crippen LogP contribution in [0.3, 0.4) is 0 Å². The fourth-order valence-corrected chi connectivity index (χ4v) is 3.84. The maximum Gasteiger partial charge on any atom is 0.246 e. The summed E-state index contributed by atoms with van der Waals surface area (Å²) < 4.78 is 0. The van der Waals surface area contributed by atoms with Crippen molar-refractivity contribution in [3.63, 3.8) is 0 Å². The number of nitrogens with zero attached hydrogens (tertiary/aromatic N) is 1. The lowest BCUT2D eigenvalue weighted by Crippen LogP contribution is -2.44. The number of aryl methyl sites for hydroxylation is 2. The number of thioether (sulfide) groups is 1. The summed E-state index contributed by atoms with van der Waals surface area (Å²) in [6, 6.07) is 14.3. The van der Waals surface area contributed by atoms with Crippen LogP contribution in [0.5, 0.6) is 0 Å². The Kier molecular flexibility index (Phi) is 5.14. The zero-order valence-corrected chi connectivity index (χ0v) is 15.3. The van der Waals surface area contributed by atoms with Crippen LogP contribution in [0.15, 0.2) is 47.4 Å². The molecule has 126 valence electrons. The zero-order valence-electron chi connectivity index (χ0n) is 14.5. The zero-order chi connectivity index (χ0) is 17.1. The molecule has 3 nitrogen and oxygen atoms in total. The summed E-state index contributed by atoms with van der Waals surface area (Å²) in [6.45, 7) is 5.04. The van der Waals surface area contributed by atoms with Crippen molar-refractivity contribution < 1.29 is 4.79 Å². The van der Waals surface area contributed by atoms with Crippen molar-refractivity contribution >= 4 is 29.0 Å². The van der Waals surface area contributed by atoms with E-state index in [1.165, 1.54) is 16.8 Å². The van der Waals surface area contributed by atoms with E-state index < -0.39 is 0 Å². The summed E-state index contributed by atoms with van der Waals surface area (Å²) in [5.74, 6) is 0.0462. The SMILES string of the molecule is CSc1ccccc1NC(=O)C(C)N1CCCc2cc(C)ccc21. The van der Waals surface area contributed by atoms with Gasteiger partial charge in [-0.25, -0.2) is 0 Å². The predicted octanol–water partition coefficient (Wildman–Crippen LogP) is 4.50. The van der Waals surface area contributed by atoms with E-state index in [4.69, 9.17) is 0 Å². The molecule has 0 aromatic heterocycles. The molecule has 1 amide bonds. The summed E-state index contributed by atoms with van der Waals surface area (Å²) in [7, 11) is 0. The number of carbonyl (C=O) groups is 1. The molecule has 3 rings (SSSR count). The minimum atomic E-state index is -0.193. The van der Waals surface area contributed by atoms with Gasteiger partial charge in [-0.05, 0) is 56.7 Å². The molecule has 0 bridgehead atoms. The van der Waals surface area contributed by atoms with Gasteiger partial charge in [0.15, 0.2) is 0 Å². The van der Waals surface area contributed by atoms with Gasteiger partial charge in [-0.15, -0.1) is 11.8 Å². The van der Waals surface area contributed by atoms with E-state index in [-0.39, 0.29) is 11.9 Å². The third-order valence-electron chi connectivity index (χ3n) is 4.60. The number of carbonyl (C=O) groups excluding carboxylic acids is 1. The third kappa shape index (κ3) is 3.44. The molecule has 1 atom stereocenters. The lowest BCUT2D eigenvalue weighted by Gasteiger charge is -2.35. The first-order valence-corrected chi connectivity index (χ1v) is 9.62. The molecule has 24 heavy (non-hydrogen) atoms. The topological polar surface area (TPSA) is 32.3 Å². The lowest BCUT2D eigenvalue weighted by molar-refractivity contribution is -0.117. The van der Waals surface area contributed by atoms with E-state index in [0.717, 1.165) is 30.0 Å². The minimum Gasteiger partial charge on any atom is -0.360 e. The quantitative estimate of drug-likeness (QED) is 0.832. The van der Waals surface area contributed by atoms with Gasteiger partial charge in [0.25, 0.3) is 0 Å². The fraction of sp³-hybridized carbons (Fsp3) is 0.350. The second-order valence-electron chi connectivity index (χ2n) is 6.29. The number of amides is 1. The molecule has 0 saturated heterocycles. The van der Waals surface area contributed by atoms with Crippen LogP contribution in [-0.2, 0) is 11.2 Å². The molecule has 2 aromatic carbocycles. The number of anilines is 2. The van der Waals surface area contributed by atoms with Gasteiger partial charge in [0.1, 0.15) is 6.04 Å². The van der Waals surface area contributed by atoms with Crippen LogP contribution in [0.1, 0.15) is 24.5 Å². The number of benzene rings is 2. The largest absolute Gasteiger partial charge is 0.360 e. The van der Waals surface area contributed by atoms with Gasteiger partial charge in [-0.3, -0.25) is 4.79 Å². The highest BCUT2D eigenvalue weighted by molar-refractivity contribution is 7.98. The Balaban J connectivity index is 1.80. The second-order valence-corrected chi connectivity index (χ2v) is 7.14. The van der Waals surface area contributed by atoms with Crippen molar-refractivity contribution in [2.45, 2.75) is 37.6 Å². The summed E-state index contributed by atoms with van der Waals surface area (Å²) in [6.07, 6.45) is 4.21. The first kappa shape index (κ1) is 16.9. The van der Waals surface area contributed by atoms with Gasteiger partial charge in [0.2, 0.25) is 5.91 Å². The van der Waals surface area contributed by atoms with E-state index >= 15 is 0 Å². The van der Waals surface area contributed by atoms with Gasteiger partial charge in [-0.1, -0.05) is 29.8 Å². The average Bonchev–Trinajstić information content (AvgIpc) is 2.60. The van der Waals surface area contributed by atoms with Gasteiger partial charge in [0.05, 0.1) is 5.69 Å². The summed E-state index contributed by atoms with van der Waals surface area (Å²) >= 11 is 1.65. The Bertz CT molecular complexity index is 744. The first-order chi connectivity index (χ1) is 11.6. The van der Waals surface area contributed by atoms with Crippen molar-refractivity contribution in [1.29, 1.82) is 0 Å². The normalized spacial score (nSPS) is 14.9. The van der Waals surface area contributed by atoms with Gasteiger partial charge < -0.3 is 10.2 Å². The van der Waals surface area contributed by atoms with E-state index in [0.29, 0.717) is 0 Å². The Labute approximate surface area is 148 Å². The maximum absolute atomic E-state index is 12.8. The molecule has 1 heterocycles. The van der Waals surface area contributed by atoms with Crippen molar-refractivity contribution in [3.05, 3.63) is 53.6 Å². The van der Waals surface area contributed by atoms with Crippen molar-refractivity contribution in [2.24, 2.45) is 0 Å². The molecular weight excluding hydrogens is 316 g/mol. The Morgan fingerprint density at radius 1 is 1.25 bits per heavy atom. The van der Waals surface area contributed by atoms with Crippen molar-refractivity contribution in [3.8, 4) is 0 Å². The summed E-state index contributed by atoms with van der Waals surface area (Å²) in [5.41, 5.74) is 4.72. The molecule has 0 spiro atoms. The van der Waals surface area contributed by atoms with Gasteiger partial charge >= 0.3 is 0 Å². The Hall–Kier alpha value is -1.94. The van der Waals surface area contributed by atoms with E-state index in [1.54, 1.807) is 11.8 Å². The monoisotopic (exact) mass is 340 g/mol. The number of para-hydroxylation sites is 1. The van der Waals surface area contributed by atoms with Crippen LogP contribution < -0.4 is 10.2 Å². The van der Waals surface area contributed by atoms with Crippen LogP contribution in [0, 0.1) is 6.92 Å². The summed E-state index contributed by atoms with van der Waals surface area (Å²) in [5, 5.41) is 3.10. The highest BCUT2D eigenvalue weighted by atomic mass is 32.2. The molecule has 1 unspecified atom stereocenters. The van der Waals surface area contributed by atoms with Crippen LogP contribution in [0.25, 0.3) is 0 Å². The molecule has 0 saturated carbocycles. The average molecular weight is 340 g/mol. The predicted molar refractivity (Wildman–Crippen MR) is 103 cm³/mol. The molecular formula is C20H24N2OS. The molecule has 0 radical (unpaired) electrons. The summed E-state index contributed by atoms with van der Waals surface area (Å²) in [4.78, 5) is 16.1. The van der Waals surface area contributed by atoms with Gasteiger partial charge in [-0.2, -0.15) is 0 Å². The molecule has 1 aliphatic heterocycles. The van der Waals surface area contributed by atoms with Gasteiger partial charge in [0, 0.05) is 17.1 Å². The highest BCUT2D eigenvalue weighted by Gasteiger charge is 2.26. The van der Waals surface area contributed by atoms with Crippen molar-refractivity contribution in [2.75, 3.05) is 23.0 Å².